The van der Waals surface area contributed by atoms with Crippen molar-refractivity contribution in [2.75, 3.05) is 5.32 Å². The second-order valence-corrected chi connectivity index (χ2v) is 7.07. The summed E-state index contributed by atoms with van der Waals surface area (Å²) in [5.41, 5.74) is -2.59. The third-order valence-corrected chi connectivity index (χ3v) is 4.80. The van der Waals surface area contributed by atoms with Crippen LogP contribution in [0.5, 0.6) is 0 Å². The number of hydrogen-bond acceptors (Lipinski definition) is 2. The van der Waals surface area contributed by atoms with E-state index in [4.69, 9.17) is 5.73 Å². The maximum atomic E-state index is 14.7. The Morgan fingerprint density at radius 3 is 1.69 bits per heavy atom. The minimum atomic E-state index is -6.82. The van der Waals surface area contributed by atoms with Gasteiger partial charge in [0.1, 0.15) is 0 Å². The van der Waals surface area contributed by atoms with Gasteiger partial charge in [0.15, 0.2) is 0 Å². The van der Waals surface area contributed by atoms with Crippen molar-refractivity contribution in [3.63, 3.8) is 0 Å². The first-order valence-electron chi connectivity index (χ1n) is 8.89. The first-order valence-corrected chi connectivity index (χ1v) is 8.89. The first kappa shape index (κ1) is 25.5. The maximum Gasteiger partial charge on any atom is 0.457 e. The number of anilines is 1. The average Bonchev–Trinajstić information content (AvgIpc) is 2.67. The topological polar surface area (TPSA) is 55.1 Å². The summed E-state index contributed by atoms with van der Waals surface area (Å²) in [5.74, 6) is -7.51. The van der Waals surface area contributed by atoms with Gasteiger partial charge >= 0.3 is 23.9 Å². The predicted octanol–water partition coefficient (Wildman–Crippen LogP) is 5.94. The molecule has 2 aromatic rings. The number of alkyl halides is 9. The molecule has 1 unspecified atom stereocenters. The molecule has 0 aliphatic rings. The van der Waals surface area contributed by atoms with Gasteiger partial charge in [0, 0.05) is 23.4 Å². The minimum absolute atomic E-state index is 0.115. The van der Waals surface area contributed by atoms with Gasteiger partial charge in [-0.3, -0.25) is 4.79 Å². The van der Waals surface area contributed by atoms with Crippen LogP contribution in [-0.2, 0) is 12.2 Å². The van der Waals surface area contributed by atoms with Crippen LogP contribution in [0.3, 0.4) is 0 Å². The third kappa shape index (κ3) is 4.27. The summed E-state index contributed by atoms with van der Waals surface area (Å²) in [6.45, 7) is 2.27. The van der Waals surface area contributed by atoms with Crippen LogP contribution in [-0.4, -0.2) is 24.2 Å². The Balaban J connectivity index is 2.53. The molecule has 0 radical (unpaired) electrons. The SMILES string of the molecule is Cc1cc(C(F)(C(F)(F)F)C(F)(F)C(F)(F)F)cc(C)c1NC(=O)c1ccc(CN)cc1. The van der Waals surface area contributed by atoms with Gasteiger partial charge in [0.25, 0.3) is 5.91 Å². The van der Waals surface area contributed by atoms with Gasteiger partial charge < -0.3 is 11.1 Å². The Morgan fingerprint density at radius 2 is 1.31 bits per heavy atom. The van der Waals surface area contributed by atoms with Gasteiger partial charge in [0.05, 0.1) is 0 Å². The van der Waals surface area contributed by atoms with Crippen LogP contribution >= 0.6 is 0 Å². The van der Waals surface area contributed by atoms with Crippen molar-refractivity contribution in [1.82, 2.24) is 0 Å². The van der Waals surface area contributed by atoms with Crippen LogP contribution in [0.1, 0.15) is 32.6 Å². The first-order chi connectivity index (χ1) is 14.5. The fourth-order valence-corrected chi connectivity index (χ4v) is 3.06. The highest BCUT2D eigenvalue weighted by atomic mass is 19.4. The average molecular weight is 472 g/mol. The molecule has 2 aromatic carbocycles. The number of rotatable bonds is 5. The Kier molecular flexibility index (Phi) is 6.62. The maximum absolute atomic E-state index is 14.7. The van der Waals surface area contributed by atoms with E-state index in [1.807, 2.05) is 0 Å². The van der Waals surface area contributed by atoms with E-state index < -0.39 is 35.4 Å². The zero-order valence-corrected chi connectivity index (χ0v) is 16.6. The number of aryl methyl sites for hydroxylation is 2. The monoisotopic (exact) mass is 472 g/mol. The van der Waals surface area contributed by atoms with E-state index in [9.17, 15) is 44.3 Å². The van der Waals surface area contributed by atoms with Gasteiger partial charge in [-0.2, -0.15) is 35.1 Å². The second-order valence-electron chi connectivity index (χ2n) is 7.07. The molecule has 0 aliphatic heterocycles. The molecule has 3 N–H and O–H groups in total. The number of nitrogens with two attached hydrogens (primary N) is 1. The molecule has 0 spiro atoms. The zero-order valence-electron chi connectivity index (χ0n) is 16.6. The van der Waals surface area contributed by atoms with Gasteiger partial charge in [-0.1, -0.05) is 24.3 Å². The van der Waals surface area contributed by atoms with Crippen LogP contribution in [0.4, 0.5) is 45.2 Å². The fourth-order valence-electron chi connectivity index (χ4n) is 3.06. The Morgan fingerprint density at radius 1 is 0.844 bits per heavy atom. The molecule has 1 amide bonds. The van der Waals surface area contributed by atoms with E-state index >= 15 is 0 Å². The lowest BCUT2D eigenvalue weighted by Crippen LogP contribution is -2.59. The molecule has 3 nitrogen and oxygen atoms in total. The van der Waals surface area contributed by atoms with Crippen LogP contribution in [0.25, 0.3) is 0 Å². The highest BCUT2D eigenvalue weighted by Crippen LogP contribution is 2.58. The fraction of sp³-hybridized carbons (Fsp3) is 0.350. The number of carbonyl (C=O) groups excluding carboxylic acids is 1. The Bertz CT molecular complexity index is 975. The predicted molar refractivity (Wildman–Crippen MR) is 98.0 cm³/mol. The highest BCUT2D eigenvalue weighted by molar-refractivity contribution is 6.05. The summed E-state index contributed by atoms with van der Waals surface area (Å²) >= 11 is 0. The molecule has 176 valence electrons. The van der Waals surface area contributed by atoms with Crippen LogP contribution in [0.15, 0.2) is 36.4 Å². The van der Waals surface area contributed by atoms with Crippen molar-refractivity contribution in [2.45, 2.75) is 44.3 Å². The van der Waals surface area contributed by atoms with Crippen molar-refractivity contribution in [2.24, 2.45) is 5.73 Å². The zero-order chi connectivity index (χ0) is 24.7. The standard InChI is InChI=1S/C20H17F9N2O/c1-10-7-14(17(21,19(24,25)26)18(22,23)20(27,28)29)8-11(2)15(10)31-16(32)13-5-3-12(9-30)4-6-13/h3-8H,9,30H2,1-2H3,(H,31,32). The molecule has 0 aliphatic carbocycles. The molecule has 2 rings (SSSR count). The molecule has 0 saturated heterocycles. The van der Waals surface area contributed by atoms with E-state index in [1.54, 1.807) is 0 Å². The number of halogens is 9. The number of benzene rings is 2. The number of carbonyl (C=O) groups is 1. The molecule has 0 heterocycles. The van der Waals surface area contributed by atoms with Gasteiger partial charge in [0.2, 0.25) is 0 Å². The van der Waals surface area contributed by atoms with E-state index in [0.29, 0.717) is 5.56 Å². The number of amides is 1. The lowest BCUT2D eigenvalue weighted by atomic mass is 9.85. The Hall–Kier alpha value is -2.76. The summed E-state index contributed by atoms with van der Waals surface area (Å²) in [6, 6.07) is 6.28. The molecule has 1 atom stereocenters. The summed E-state index contributed by atoms with van der Waals surface area (Å²) in [6.07, 6.45) is -13.4. The quantitative estimate of drug-likeness (QED) is 0.530. The molecule has 0 bridgehead atoms. The van der Waals surface area contributed by atoms with Crippen molar-refractivity contribution < 1.29 is 44.3 Å². The van der Waals surface area contributed by atoms with E-state index in [0.717, 1.165) is 13.8 Å². The van der Waals surface area contributed by atoms with Gasteiger partial charge in [-0.15, -0.1) is 0 Å². The van der Waals surface area contributed by atoms with E-state index in [-0.39, 0.29) is 41.1 Å². The van der Waals surface area contributed by atoms with Crippen LogP contribution < -0.4 is 11.1 Å². The van der Waals surface area contributed by atoms with Gasteiger partial charge in [-0.25, -0.2) is 4.39 Å². The number of hydrogen-bond donors (Lipinski definition) is 2. The van der Waals surface area contributed by atoms with Crippen molar-refractivity contribution in [3.8, 4) is 0 Å². The smallest absolute Gasteiger partial charge is 0.326 e. The second kappa shape index (κ2) is 8.30. The Labute approximate surface area is 176 Å². The molecule has 32 heavy (non-hydrogen) atoms. The third-order valence-electron chi connectivity index (χ3n) is 4.80. The van der Waals surface area contributed by atoms with Crippen LogP contribution in [0.2, 0.25) is 0 Å². The lowest BCUT2D eigenvalue weighted by molar-refractivity contribution is -0.389. The molecular formula is C20H17F9N2O. The number of nitrogens with one attached hydrogen (secondary N) is 1. The van der Waals surface area contributed by atoms with Crippen molar-refractivity contribution >= 4 is 11.6 Å². The van der Waals surface area contributed by atoms with Crippen molar-refractivity contribution in [1.29, 1.82) is 0 Å². The largest absolute Gasteiger partial charge is 0.457 e. The van der Waals surface area contributed by atoms with E-state index in [2.05, 4.69) is 5.32 Å². The summed E-state index contributed by atoms with van der Waals surface area (Å²) in [7, 11) is 0. The van der Waals surface area contributed by atoms with Gasteiger partial charge in [-0.05, 0) is 42.7 Å². The summed E-state index contributed by atoms with van der Waals surface area (Å²) < 4.78 is 120. The normalized spacial score (nSPS) is 14.8. The van der Waals surface area contributed by atoms with E-state index in [1.165, 1.54) is 24.3 Å². The summed E-state index contributed by atoms with van der Waals surface area (Å²) in [5, 5.41) is 2.34. The highest BCUT2D eigenvalue weighted by Gasteiger charge is 2.81. The minimum Gasteiger partial charge on any atom is -0.326 e. The molecule has 0 fully saturated rings. The molecular weight excluding hydrogens is 455 g/mol. The molecule has 12 heteroatoms. The molecule has 0 aromatic heterocycles. The lowest BCUT2D eigenvalue weighted by Gasteiger charge is -2.36. The van der Waals surface area contributed by atoms with Crippen LogP contribution in [0, 0.1) is 13.8 Å². The molecule has 0 saturated carbocycles. The van der Waals surface area contributed by atoms with Crippen molar-refractivity contribution in [3.05, 3.63) is 64.2 Å². The summed E-state index contributed by atoms with van der Waals surface area (Å²) in [4.78, 5) is 12.4.